The number of hydrogen-bond donors (Lipinski definition) is 1. The Morgan fingerprint density at radius 1 is 1.16 bits per heavy atom. The molecule has 2 unspecified atom stereocenters. The van der Waals surface area contributed by atoms with Gasteiger partial charge in [0, 0.05) is 11.1 Å². The average molecular weight is 272 g/mol. The predicted octanol–water partition coefficient (Wildman–Crippen LogP) is 4.20. The largest absolute Gasteiger partial charge is 0.481 e. The number of nitrogens with one attached hydrogen (secondary N) is 1. The minimum Gasteiger partial charge on any atom is -0.481 e. The molecule has 1 aliphatic heterocycles. The topological polar surface area (TPSA) is 21.3 Å². The lowest BCUT2D eigenvalue weighted by molar-refractivity contribution is 0.158. The molecule has 19 heavy (non-hydrogen) atoms. The van der Waals surface area contributed by atoms with Crippen molar-refractivity contribution < 1.29 is 4.74 Å². The van der Waals surface area contributed by atoms with Gasteiger partial charge in [0.2, 0.25) is 0 Å². The minimum absolute atomic E-state index is 0.0934. The number of anilines is 1. The molecule has 3 heteroatoms. The second kappa shape index (κ2) is 4.17. The normalized spacial score (nSPS) is 23.4. The average Bonchev–Trinajstić information content (AvgIpc) is 2.45. The molecule has 96 valence electrons. The maximum absolute atomic E-state index is 6.20. The number of ether oxygens (including phenoxy) is 1. The maximum atomic E-state index is 6.20. The molecule has 4 rings (SSSR count). The number of fused-ring (bicyclic) bond motifs is 4. The molecule has 0 bridgehead atoms. The van der Waals surface area contributed by atoms with Crippen LogP contribution in [0.4, 0.5) is 5.69 Å². The van der Waals surface area contributed by atoms with E-state index in [4.69, 9.17) is 16.3 Å². The molecule has 2 nitrogen and oxygen atoms in total. The highest BCUT2D eigenvalue weighted by Gasteiger charge is 2.35. The Hall–Kier alpha value is -1.67. The molecule has 0 radical (unpaired) electrons. The summed E-state index contributed by atoms with van der Waals surface area (Å²) in [6, 6.07) is 14.7. The molecule has 1 aliphatic carbocycles. The van der Waals surface area contributed by atoms with Crippen molar-refractivity contribution in [3.63, 3.8) is 0 Å². The van der Waals surface area contributed by atoms with Crippen molar-refractivity contribution in [3.05, 3.63) is 58.6 Å². The fourth-order valence-electron chi connectivity index (χ4n) is 3.06. The van der Waals surface area contributed by atoms with Crippen LogP contribution in [0, 0.1) is 0 Å². The summed E-state index contributed by atoms with van der Waals surface area (Å²) in [5.74, 6) is 0.852. The van der Waals surface area contributed by atoms with Gasteiger partial charge in [0.1, 0.15) is 11.9 Å². The SMILES string of the molecule is Clc1ccc2c(c1)OC1c3ccccc3CCC1N2. The lowest BCUT2D eigenvalue weighted by Crippen LogP contribution is -2.38. The molecule has 0 fully saturated rings. The fraction of sp³-hybridized carbons (Fsp3) is 0.250. The second-order valence-electron chi connectivity index (χ2n) is 5.17. The first-order valence-electron chi connectivity index (χ1n) is 6.62. The lowest BCUT2D eigenvalue weighted by Gasteiger charge is -2.39. The molecule has 1 heterocycles. The van der Waals surface area contributed by atoms with Gasteiger partial charge in [0.05, 0.1) is 11.7 Å². The molecule has 0 amide bonds. The van der Waals surface area contributed by atoms with E-state index in [1.165, 1.54) is 11.1 Å². The van der Waals surface area contributed by atoms with Gasteiger partial charge in [-0.2, -0.15) is 0 Å². The van der Waals surface area contributed by atoms with Crippen LogP contribution < -0.4 is 10.1 Å². The Kier molecular flexibility index (Phi) is 2.46. The summed E-state index contributed by atoms with van der Waals surface area (Å²) in [6.07, 6.45) is 2.30. The first kappa shape index (κ1) is 11.2. The van der Waals surface area contributed by atoms with Gasteiger partial charge in [-0.3, -0.25) is 0 Å². The zero-order chi connectivity index (χ0) is 12.8. The maximum Gasteiger partial charge on any atom is 0.144 e. The Balaban J connectivity index is 1.78. The summed E-state index contributed by atoms with van der Waals surface area (Å²) in [6.45, 7) is 0. The number of benzene rings is 2. The standard InChI is InChI=1S/C16H14ClNO/c17-11-6-8-13-15(9-11)19-16-12-4-2-1-3-10(12)5-7-14(16)18-13/h1-4,6,8-9,14,16,18H,5,7H2. The van der Waals surface area contributed by atoms with Crippen LogP contribution >= 0.6 is 11.6 Å². The van der Waals surface area contributed by atoms with Crippen molar-refractivity contribution in [2.75, 3.05) is 5.32 Å². The van der Waals surface area contributed by atoms with Crippen LogP contribution in [0.15, 0.2) is 42.5 Å². The van der Waals surface area contributed by atoms with E-state index in [9.17, 15) is 0 Å². The summed E-state index contributed by atoms with van der Waals surface area (Å²) < 4.78 is 6.20. The van der Waals surface area contributed by atoms with Crippen LogP contribution in [-0.4, -0.2) is 6.04 Å². The smallest absolute Gasteiger partial charge is 0.144 e. The minimum atomic E-state index is 0.0934. The highest BCUT2D eigenvalue weighted by Crippen LogP contribution is 2.43. The summed E-state index contributed by atoms with van der Waals surface area (Å²) >= 11 is 6.04. The van der Waals surface area contributed by atoms with Crippen LogP contribution in [0.3, 0.4) is 0 Å². The Bertz CT molecular complexity index is 640. The zero-order valence-electron chi connectivity index (χ0n) is 10.4. The number of hydrogen-bond acceptors (Lipinski definition) is 2. The van der Waals surface area contributed by atoms with E-state index in [1.54, 1.807) is 0 Å². The van der Waals surface area contributed by atoms with Gasteiger partial charge >= 0.3 is 0 Å². The zero-order valence-corrected chi connectivity index (χ0v) is 11.2. The molecule has 0 spiro atoms. The van der Waals surface area contributed by atoms with E-state index < -0.39 is 0 Å². The van der Waals surface area contributed by atoms with Crippen LogP contribution in [0.1, 0.15) is 23.7 Å². The lowest BCUT2D eigenvalue weighted by atomic mass is 9.85. The molecule has 0 aromatic heterocycles. The van der Waals surface area contributed by atoms with E-state index in [1.807, 2.05) is 18.2 Å². The highest BCUT2D eigenvalue weighted by atomic mass is 35.5. The van der Waals surface area contributed by atoms with Crippen molar-refractivity contribution in [3.8, 4) is 5.75 Å². The van der Waals surface area contributed by atoms with Gasteiger partial charge in [-0.25, -0.2) is 0 Å². The number of halogens is 1. The summed E-state index contributed by atoms with van der Waals surface area (Å²) in [4.78, 5) is 0. The molecule has 1 N–H and O–H groups in total. The Morgan fingerprint density at radius 2 is 2.05 bits per heavy atom. The van der Waals surface area contributed by atoms with Gasteiger partial charge in [-0.05, 0) is 36.1 Å². The van der Waals surface area contributed by atoms with Crippen molar-refractivity contribution in [1.82, 2.24) is 0 Å². The summed E-state index contributed by atoms with van der Waals surface area (Å²) in [5, 5.41) is 4.29. The third-order valence-corrected chi connectivity index (χ3v) is 4.23. The first-order chi connectivity index (χ1) is 9.31. The molecule has 2 aliphatic rings. The van der Waals surface area contributed by atoms with Gasteiger partial charge < -0.3 is 10.1 Å². The van der Waals surface area contributed by atoms with Crippen molar-refractivity contribution in [2.45, 2.75) is 25.0 Å². The van der Waals surface area contributed by atoms with E-state index in [-0.39, 0.29) is 6.10 Å². The molecule has 0 saturated heterocycles. The second-order valence-corrected chi connectivity index (χ2v) is 5.60. The fourth-order valence-corrected chi connectivity index (χ4v) is 3.22. The molecule has 2 aromatic rings. The Morgan fingerprint density at radius 3 is 3.00 bits per heavy atom. The van der Waals surface area contributed by atoms with Gasteiger partial charge in [0.25, 0.3) is 0 Å². The molecule has 0 saturated carbocycles. The van der Waals surface area contributed by atoms with Gasteiger partial charge in [-0.1, -0.05) is 35.9 Å². The summed E-state index contributed by atoms with van der Waals surface area (Å²) in [7, 11) is 0. The van der Waals surface area contributed by atoms with E-state index in [0.717, 1.165) is 24.3 Å². The summed E-state index contributed by atoms with van der Waals surface area (Å²) in [5.41, 5.74) is 3.75. The third kappa shape index (κ3) is 1.79. The highest BCUT2D eigenvalue weighted by molar-refractivity contribution is 6.30. The quantitative estimate of drug-likeness (QED) is 0.775. The molecule has 2 atom stereocenters. The predicted molar refractivity (Wildman–Crippen MR) is 77.0 cm³/mol. The van der Waals surface area contributed by atoms with Crippen molar-refractivity contribution >= 4 is 17.3 Å². The van der Waals surface area contributed by atoms with Gasteiger partial charge in [-0.15, -0.1) is 0 Å². The number of rotatable bonds is 0. The number of aryl methyl sites for hydroxylation is 1. The van der Waals surface area contributed by atoms with E-state index in [0.29, 0.717) is 11.1 Å². The first-order valence-corrected chi connectivity index (χ1v) is 6.99. The third-order valence-electron chi connectivity index (χ3n) is 3.99. The molecular formula is C16H14ClNO. The van der Waals surface area contributed by atoms with Crippen LogP contribution in [0.2, 0.25) is 5.02 Å². The van der Waals surface area contributed by atoms with Crippen molar-refractivity contribution in [2.24, 2.45) is 0 Å². The van der Waals surface area contributed by atoms with Crippen LogP contribution in [0.25, 0.3) is 0 Å². The van der Waals surface area contributed by atoms with Gasteiger partial charge in [0.15, 0.2) is 0 Å². The monoisotopic (exact) mass is 271 g/mol. The van der Waals surface area contributed by atoms with Crippen LogP contribution in [0.5, 0.6) is 5.75 Å². The Labute approximate surface area is 117 Å². The molecular weight excluding hydrogens is 258 g/mol. The molecule has 2 aromatic carbocycles. The van der Waals surface area contributed by atoms with Crippen LogP contribution in [-0.2, 0) is 6.42 Å². The van der Waals surface area contributed by atoms with Crippen molar-refractivity contribution in [1.29, 1.82) is 0 Å². The van der Waals surface area contributed by atoms with E-state index in [2.05, 4.69) is 29.6 Å². The van der Waals surface area contributed by atoms with E-state index >= 15 is 0 Å².